The Bertz CT molecular complexity index is 778. The van der Waals surface area contributed by atoms with Gasteiger partial charge in [-0.15, -0.1) is 0 Å². The molecule has 2 aromatic rings. The molecule has 1 saturated carbocycles. The van der Waals surface area contributed by atoms with Crippen LogP contribution in [0, 0.1) is 6.92 Å². The van der Waals surface area contributed by atoms with Crippen LogP contribution in [-0.4, -0.2) is 11.7 Å². The third-order valence-corrected chi connectivity index (χ3v) is 4.69. The number of amides is 1. The van der Waals surface area contributed by atoms with Crippen molar-refractivity contribution in [2.75, 3.05) is 5.32 Å². The van der Waals surface area contributed by atoms with E-state index in [1.54, 1.807) is 0 Å². The van der Waals surface area contributed by atoms with Crippen LogP contribution in [0.25, 0.3) is 0 Å². The highest BCUT2D eigenvalue weighted by molar-refractivity contribution is 6.04. The van der Waals surface area contributed by atoms with Crippen LogP contribution >= 0.6 is 0 Å². The zero-order valence-corrected chi connectivity index (χ0v) is 13.8. The summed E-state index contributed by atoms with van der Waals surface area (Å²) in [5.41, 5.74) is 2.43. The van der Waals surface area contributed by atoms with Crippen LogP contribution < -0.4 is 14.8 Å². The van der Waals surface area contributed by atoms with E-state index in [-0.39, 0.29) is 5.91 Å². The number of anilines is 1. The lowest BCUT2D eigenvalue weighted by Gasteiger charge is -2.31. The van der Waals surface area contributed by atoms with Crippen LogP contribution in [0.1, 0.15) is 48.0 Å². The van der Waals surface area contributed by atoms with Crippen molar-refractivity contribution in [3.63, 3.8) is 0 Å². The van der Waals surface area contributed by atoms with Crippen LogP contribution in [0.2, 0.25) is 0 Å². The van der Waals surface area contributed by atoms with Gasteiger partial charge in [0, 0.05) is 30.2 Å². The molecule has 0 aromatic heterocycles. The lowest BCUT2D eigenvalue weighted by atomic mass is 9.94. The number of fused-ring (bicyclic) bond motifs is 1. The number of ether oxygens (including phenoxy) is 2. The zero-order valence-electron chi connectivity index (χ0n) is 13.8. The fourth-order valence-electron chi connectivity index (χ4n) is 3.46. The number of rotatable bonds is 2. The van der Waals surface area contributed by atoms with Crippen LogP contribution in [0.4, 0.5) is 5.69 Å². The Hall–Kier alpha value is -2.49. The smallest absolute Gasteiger partial charge is 0.255 e. The highest BCUT2D eigenvalue weighted by Gasteiger charge is 2.42. The van der Waals surface area contributed by atoms with E-state index in [4.69, 9.17) is 9.47 Å². The zero-order chi connectivity index (χ0) is 16.6. The summed E-state index contributed by atoms with van der Waals surface area (Å²) in [6.45, 7) is 1.97. The Morgan fingerprint density at radius 3 is 2.58 bits per heavy atom. The van der Waals surface area contributed by atoms with E-state index < -0.39 is 5.79 Å². The molecule has 1 heterocycles. The second-order valence-corrected chi connectivity index (χ2v) is 6.66. The van der Waals surface area contributed by atoms with E-state index in [0.717, 1.165) is 48.4 Å². The molecule has 0 atom stereocenters. The van der Waals surface area contributed by atoms with Gasteiger partial charge in [0.25, 0.3) is 11.7 Å². The van der Waals surface area contributed by atoms with Crippen molar-refractivity contribution in [3.8, 4) is 11.5 Å². The Morgan fingerprint density at radius 1 is 1.00 bits per heavy atom. The Kier molecular flexibility index (Phi) is 3.68. The first-order valence-corrected chi connectivity index (χ1v) is 8.54. The van der Waals surface area contributed by atoms with Crippen LogP contribution in [0.5, 0.6) is 11.5 Å². The third-order valence-electron chi connectivity index (χ3n) is 4.69. The van der Waals surface area contributed by atoms with Gasteiger partial charge < -0.3 is 14.8 Å². The average molecular weight is 323 g/mol. The van der Waals surface area contributed by atoms with Gasteiger partial charge in [0.15, 0.2) is 11.5 Å². The maximum Gasteiger partial charge on any atom is 0.255 e. The quantitative estimate of drug-likeness (QED) is 0.873. The van der Waals surface area contributed by atoms with Gasteiger partial charge in [-0.1, -0.05) is 24.1 Å². The Balaban J connectivity index is 1.51. The molecule has 1 aliphatic carbocycles. The Labute approximate surface area is 141 Å². The van der Waals surface area contributed by atoms with Gasteiger partial charge in [0.05, 0.1) is 0 Å². The standard InChI is InChI=1S/C20H21NO3/c1-14-6-5-7-15(12-14)19(22)21-16-8-9-17-18(13-16)24-20(23-17)10-3-2-4-11-20/h5-9,12-13H,2-4,10-11H2,1H3,(H,21,22). The molecular weight excluding hydrogens is 302 g/mol. The lowest BCUT2D eigenvalue weighted by Crippen LogP contribution is -2.40. The first kappa shape index (κ1) is 15.1. The van der Waals surface area contributed by atoms with Gasteiger partial charge in [-0.2, -0.15) is 0 Å². The van der Waals surface area contributed by atoms with Gasteiger partial charge in [-0.3, -0.25) is 4.79 Å². The molecule has 24 heavy (non-hydrogen) atoms. The minimum atomic E-state index is -0.486. The number of nitrogens with one attached hydrogen (secondary N) is 1. The monoisotopic (exact) mass is 323 g/mol. The van der Waals surface area contributed by atoms with Gasteiger partial charge in [0.2, 0.25) is 0 Å². The summed E-state index contributed by atoms with van der Waals surface area (Å²) in [6, 6.07) is 13.1. The molecule has 2 aromatic carbocycles. The van der Waals surface area contributed by atoms with Gasteiger partial charge in [0.1, 0.15) is 0 Å². The fraction of sp³-hybridized carbons (Fsp3) is 0.350. The molecule has 0 bridgehead atoms. The van der Waals surface area contributed by atoms with Gasteiger partial charge in [-0.05, 0) is 44.0 Å². The molecule has 4 heteroatoms. The summed E-state index contributed by atoms with van der Waals surface area (Å²) in [5.74, 6) is 0.883. The molecule has 4 nitrogen and oxygen atoms in total. The molecule has 1 amide bonds. The van der Waals surface area contributed by atoms with Crippen molar-refractivity contribution in [1.82, 2.24) is 0 Å². The number of hydrogen-bond donors (Lipinski definition) is 1. The largest absolute Gasteiger partial charge is 0.448 e. The predicted molar refractivity (Wildman–Crippen MR) is 92.6 cm³/mol. The molecule has 0 unspecified atom stereocenters. The molecule has 1 fully saturated rings. The summed E-state index contributed by atoms with van der Waals surface area (Å²) >= 11 is 0. The number of hydrogen-bond acceptors (Lipinski definition) is 3. The van der Waals surface area contributed by atoms with Crippen molar-refractivity contribution >= 4 is 11.6 Å². The van der Waals surface area contributed by atoms with E-state index in [9.17, 15) is 4.79 Å². The third kappa shape index (κ3) is 2.84. The molecule has 1 spiro atoms. The highest BCUT2D eigenvalue weighted by Crippen LogP contribution is 2.46. The highest BCUT2D eigenvalue weighted by atomic mass is 16.7. The van der Waals surface area contributed by atoms with Gasteiger partial charge in [-0.25, -0.2) is 0 Å². The summed E-state index contributed by atoms with van der Waals surface area (Å²) in [7, 11) is 0. The van der Waals surface area contributed by atoms with E-state index in [0.29, 0.717) is 5.56 Å². The second kappa shape index (κ2) is 5.86. The lowest BCUT2D eigenvalue weighted by molar-refractivity contribution is -0.105. The Morgan fingerprint density at radius 2 is 1.79 bits per heavy atom. The SMILES string of the molecule is Cc1cccc(C(=O)Nc2ccc3c(c2)OC2(CCCCC2)O3)c1. The molecule has 1 aliphatic heterocycles. The van der Waals surface area contributed by atoms with Crippen LogP contribution in [0.3, 0.4) is 0 Å². The van der Waals surface area contributed by atoms with Crippen LogP contribution in [-0.2, 0) is 0 Å². The number of aryl methyl sites for hydroxylation is 1. The topological polar surface area (TPSA) is 47.6 Å². The second-order valence-electron chi connectivity index (χ2n) is 6.66. The van der Waals surface area contributed by atoms with Crippen molar-refractivity contribution in [1.29, 1.82) is 0 Å². The molecule has 0 radical (unpaired) electrons. The number of carbonyl (C=O) groups excluding carboxylic acids is 1. The van der Waals surface area contributed by atoms with E-state index in [1.807, 2.05) is 49.4 Å². The molecule has 2 aliphatic rings. The first-order valence-electron chi connectivity index (χ1n) is 8.54. The van der Waals surface area contributed by atoms with E-state index in [2.05, 4.69) is 5.32 Å². The molecule has 124 valence electrons. The molecule has 0 saturated heterocycles. The summed E-state index contributed by atoms with van der Waals surface area (Å²) in [5, 5.41) is 2.93. The minimum Gasteiger partial charge on any atom is -0.448 e. The van der Waals surface area contributed by atoms with Crippen molar-refractivity contribution in [3.05, 3.63) is 53.6 Å². The maximum atomic E-state index is 12.4. The predicted octanol–water partition coefficient (Wildman–Crippen LogP) is 4.68. The van der Waals surface area contributed by atoms with Gasteiger partial charge >= 0.3 is 0 Å². The molecule has 1 N–H and O–H groups in total. The fourth-order valence-corrected chi connectivity index (χ4v) is 3.46. The van der Waals surface area contributed by atoms with Crippen molar-refractivity contribution < 1.29 is 14.3 Å². The van der Waals surface area contributed by atoms with E-state index in [1.165, 1.54) is 6.42 Å². The molecule has 4 rings (SSSR count). The normalized spacial score (nSPS) is 17.7. The molecular formula is C20H21NO3. The summed E-state index contributed by atoms with van der Waals surface area (Å²) in [4.78, 5) is 12.4. The van der Waals surface area contributed by atoms with E-state index >= 15 is 0 Å². The summed E-state index contributed by atoms with van der Waals surface area (Å²) < 4.78 is 12.2. The first-order chi connectivity index (χ1) is 11.6. The average Bonchev–Trinajstić information content (AvgIpc) is 2.92. The van der Waals surface area contributed by atoms with Crippen LogP contribution in [0.15, 0.2) is 42.5 Å². The minimum absolute atomic E-state index is 0.120. The number of benzene rings is 2. The summed E-state index contributed by atoms with van der Waals surface area (Å²) in [6.07, 6.45) is 5.35. The number of carbonyl (C=O) groups is 1. The van der Waals surface area contributed by atoms with Crippen molar-refractivity contribution in [2.45, 2.75) is 44.8 Å². The van der Waals surface area contributed by atoms with Crippen molar-refractivity contribution in [2.24, 2.45) is 0 Å². The maximum absolute atomic E-state index is 12.4.